The molecule has 0 aliphatic rings. The predicted octanol–water partition coefficient (Wildman–Crippen LogP) is 1.21. The van der Waals surface area contributed by atoms with Crippen LogP contribution in [0.1, 0.15) is 19.5 Å². The van der Waals surface area contributed by atoms with Crippen LogP contribution < -0.4 is 10.6 Å². The van der Waals surface area contributed by atoms with E-state index < -0.39 is 6.09 Å². The van der Waals surface area contributed by atoms with Crippen molar-refractivity contribution in [3.8, 4) is 0 Å². The molecule has 0 bridgehead atoms. The second-order valence-electron chi connectivity index (χ2n) is 4.20. The monoisotopic (exact) mass is 270 g/mol. The van der Waals surface area contributed by atoms with Crippen LogP contribution in [0.5, 0.6) is 0 Å². The van der Waals surface area contributed by atoms with E-state index in [0.29, 0.717) is 19.1 Å². The number of ether oxygens (including phenoxy) is 1. The van der Waals surface area contributed by atoms with Crippen LogP contribution >= 0.6 is 12.2 Å². The van der Waals surface area contributed by atoms with E-state index in [-0.39, 0.29) is 5.11 Å². The lowest BCUT2D eigenvalue weighted by Gasteiger charge is -2.10. The van der Waals surface area contributed by atoms with Crippen molar-refractivity contribution in [1.82, 2.24) is 20.6 Å². The molecule has 1 amide bonds. The zero-order valence-corrected chi connectivity index (χ0v) is 11.3. The second-order valence-corrected chi connectivity index (χ2v) is 4.61. The lowest BCUT2D eigenvalue weighted by atomic mass is 10.2. The molecule has 0 fully saturated rings. The van der Waals surface area contributed by atoms with Gasteiger partial charge in [0, 0.05) is 24.9 Å². The Balaban J connectivity index is 2.11. The maximum Gasteiger partial charge on any atom is 0.413 e. The first-order valence-corrected chi connectivity index (χ1v) is 6.17. The molecule has 18 heavy (non-hydrogen) atoms. The van der Waals surface area contributed by atoms with E-state index in [9.17, 15) is 4.79 Å². The Bertz CT molecular complexity index is 378. The number of aromatic nitrogens is 2. The number of nitrogens with one attached hydrogen (secondary N) is 3. The predicted molar refractivity (Wildman–Crippen MR) is 72.2 cm³/mol. The molecular formula is C11H18N4O2S. The highest BCUT2D eigenvalue weighted by atomic mass is 32.1. The first-order valence-electron chi connectivity index (χ1n) is 5.76. The van der Waals surface area contributed by atoms with Gasteiger partial charge < -0.3 is 15.0 Å². The minimum atomic E-state index is -0.525. The summed E-state index contributed by atoms with van der Waals surface area (Å²) in [6.45, 7) is 4.93. The van der Waals surface area contributed by atoms with Crippen LogP contribution in [-0.2, 0) is 11.2 Å². The van der Waals surface area contributed by atoms with Gasteiger partial charge in [-0.1, -0.05) is 13.8 Å². The molecule has 0 aromatic carbocycles. The van der Waals surface area contributed by atoms with Crippen molar-refractivity contribution in [1.29, 1.82) is 0 Å². The average molecular weight is 270 g/mol. The Labute approximate surface area is 112 Å². The summed E-state index contributed by atoms with van der Waals surface area (Å²) in [7, 11) is 0. The zero-order valence-electron chi connectivity index (χ0n) is 10.5. The van der Waals surface area contributed by atoms with Crippen molar-refractivity contribution in [3.05, 3.63) is 18.2 Å². The molecule has 0 unspecified atom stereocenters. The van der Waals surface area contributed by atoms with Crippen LogP contribution in [0.4, 0.5) is 4.79 Å². The fourth-order valence-corrected chi connectivity index (χ4v) is 1.33. The Kier molecular flexibility index (Phi) is 6.13. The van der Waals surface area contributed by atoms with E-state index in [2.05, 4.69) is 20.6 Å². The summed E-state index contributed by atoms with van der Waals surface area (Å²) in [5.41, 5.74) is 1.01. The molecule has 0 saturated carbocycles. The van der Waals surface area contributed by atoms with E-state index in [1.165, 1.54) is 0 Å². The third-order valence-corrected chi connectivity index (χ3v) is 2.24. The highest BCUT2D eigenvalue weighted by Crippen LogP contribution is 1.93. The van der Waals surface area contributed by atoms with E-state index in [1.807, 2.05) is 13.8 Å². The van der Waals surface area contributed by atoms with Crippen LogP contribution in [-0.4, -0.2) is 34.3 Å². The molecule has 0 radical (unpaired) electrons. The van der Waals surface area contributed by atoms with Crippen LogP contribution in [0.2, 0.25) is 0 Å². The Morgan fingerprint density at radius 1 is 1.61 bits per heavy atom. The molecule has 3 N–H and O–H groups in total. The number of carbonyl (C=O) groups is 1. The first kappa shape index (κ1) is 14.4. The summed E-state index contributed by atoms with van der Waals surface area (Å²) in [6.07, 6.45) is 3.59. The van der Waals surface area contributed by atoms with Crippen molar-refractivity contribution in [2.75, 3.05) is 13.2 Å². The Hall–Kier alpha value is -1.63. The Morgan fingerprint density at radius 3 is 3.00 bits per heavy atom. The molecule has 6 nitrogen and oxygen atoms in total. The van der Waals surface area contributed by atoms with Crippen LogP contribution in [0.25, 0.3) is 0 Å². The van der Waals surface area contributed by atoms with Crippen molar-refractivity contribution in [2.45, 2.75) is 20.3 Å². The summed E-state index contributed by atoms with van der Waals surface area (Å²) >= 11 is 4.96. The lowest BCUT2D eigenvalue weighted by molar-refractivity contribution is 0.138. The molecule has 1 rings (SSSR count). The molecule has 0 atom stereocenters. The summed E-state index contributed by atoms with van der Waals surface area (Å²) in [4.78, 5) is 18.2. The van der Waals surface area contributed by atoms with Crippen LogP contribution in [0, 0.1) is 5.92 Å². The van der Waals surface area contributed by atoms with Crippen molar-refractivity contribution >= 4 is 23.4 Å². The van der Waals surface area contributed by atoms with Gasteiger partial charge in [0.2, 0.25) is 0 Å². The number of aromatic amines is 1. The van der Waals surface area contributed by atoms with Crippen molar-refractivity contribution in [2.24, 2.45) is 5.92 Å². The minimum absolute atomic E-state index is 0.267. The van der Waals surface area contributed by atoms with E-state index in [4.69, 9.17) is 17.0 Å². The average Bonchev–Trinajstić information content (AvgIpc) is 2.79. The summed E-state index contributed by atoms with van der Waals surface area (Å²) in [6, 6.07) is 0. The number of carbonyl (C=O) groups excluding carboxylic acids is 1. The number of imidazole rings is 1. The second kappa shape index (κ2) is 7.65. The zero-order chi connectivity index (χ0) is 13.4. The van der Waals surface area contributed by atoms with Gasteiger partial charge in [-0.3, -0.25) is 5.32 Å². The third kappa shape index (κ3) is 6.19. The molecule has 0 saturated heterocycles. The molecule has 0 aliphatic carbocycles. The van der Waals surface area contributed by atoms with Gasteiger partial charge in [0.25, 0.3) is 0 Å². The molecule has 1 heterocycles. The molecule has 7 heteroatoms. The number of H-pyrrole nitrogens is 1. The SMILES string of the molecule is CC(C)COC(=O)NC(=S)NCCc1cnc[nH]1. The number of alkyl carbamates (subject to hydrolysis) is 1. The molecular weight excluding hydrogens is 252 g/mol. The smallest absolute Gasteiger partial charge is 0.413 e. The fraction of sp³-hybridized carbons (Fsp3) is 0.545. The number of thiocarbonyl (C=S) groups is 1. The molecule has 100 valence electrons. The molecule has 1 aromatic heterocycles. The van der Waals surface area contributed by atoms with Gasteiger partial charge >= 0.3 is 6.09 Å². The van der Waals surface area contributed by atoms with Crippen LogP contribution in [0.3, 0.4) is 0 Å². The summed E-state index contributed by atoms with van der Waals surface area (Å²) in [5.74, 6) is 0.303. The first-order chi connectivity index (χ1) is 8.58. The third-order valence-electron chi connectivity index (χ3n) is 2.00. The highest BCUT2D eigenvalue weighted by Gasteiger charge is 2.06. The number of hydrogen-bond acceptors (Lipinski definition) is 4. The Morgan fingerprint density at radius 2 is 2.39 bits per heavy atom. The van der Waals surface area contributed by atoms with E-state index >= 15 is 0 Å². The minimum Gasteiger partial charge on any atom is -0.449 e. The van der Waals surface area contributed by atoms with Gasteiger partial charge in [-0.25, -0.2) is 9.78 Å². The van der Waals surface area contributed by atoms with Gasteiger partial charge in [0.15, 0.2) is 5.11 Å². The molecule has 1 aromatic rings. The van der Waals surface area contributed by atoms with Crippen molar-refractivity contribution in [3.63, 3.8) is 0 Å². The normalized spacial score (nSPS) is 10.2. The molecule has 0 spiro atoms. The standard InChI is InChI=1S/C11H18N4O2S/c1-8(2)6-17-11(16)15-10(18)13-4-3-9-5-12-7-14-9/h5,7-8H,3-4,6H2,1-2H3,(H,12,14)(H2,13,15,16,18). The van der Waals surface area contributed by atoms with Gasteiger partial charge in [0.05, 0.1) is 12.9 Å². The quantitative estimate of drug-likeness (QED) is 0.701. The number of rotatable bonds is 5. The number of hydrogen-bond donors (Lipinski definition) is 3. The largest absolute Gasteiger partial charge is 0.449 e. The summed E-state index contributed by atoms with van der Waals surface area (Å²) < 4.78 is 4.93. The number of nitrogens with zero attached hydrogens (tertiary/aromatic N) is 1. The topological polar surface area (TPSA) is 79.0 Å². The van der Waals surface area contributed by atoms with Gasteiger partial charge in [-0.2, -0.15) is 0 Å². The van der Waals surface area contributed by atoms with Crippen molar-refractivity contribution < 1.29 is 9.53 Å². The van der Waals surface area contributed by atoms with Gasteiger partial charge in [0.1, 0.15) is 0 Å². The van der Waals surface area contributed by atoms with E-state index in [1.54, 1.807) is 12.5 Å². The van der Waals surface area contributed by atoms with Crippen LogP contribution in [0.15, 0.2) is 12.5 Å². The van der Waals surface area contributed by atoms with E-state index in [0.717, 1.165) is 12.1 Å². The number of amides is 1. The highest BCUT2D eigenvalue weighted by molar-refractivity contribution is 7.80. The lowest BCUT2D eigenvalue weighted by Crippen LogP contribution is -2.40. The fourth-order valence-electron chi connectivity index (χ4n) is 1.15. The van der Waals surface area contributed by atoms with Gasteiger partial charge in [-0.05, 0) is 18.1 Å². The maximum absolute atomic E-state index is 11.3. The maximum atomic E-state index is 11.3. The van der Waals surface area contributed by atoms with Gasteiger partial charge in [-0.15, -0.1) is 0 Å². The molecule has 0 aliphatic heterocycles. The summed E-state index contributed by atoms with van der Waals surface area (Å²) in [5, 5.41) is 5.63.